The maximum Gasteiger partial charge on any atom is 0.338 e. The Bertz CT molecular complexity index is 435. The van der Waals surface area contributed by atoms with Crippen LogP contribution >= 0.6 is 0 Å². The normalized spacial score (nSPS) is 12.2. The molecule has 0 atom stereocenters. The average Bonchev–Trinajstić information content (AvgIpc) is 2.65. The number of ether oxygens (including phenoxy) is 1. The molecule has 0 saturated carbocycles. The first-order valence-electron chi connectivity index (χ1n) is 4.57. The van der Waals surface area contributed by atoms with Gasteiger partial charge in [0.25, 0.3) is 0 Å². The molecule has 0 radical (unpaired) electrons. The second-order valence-electron chi connectivity index (χ2n) is 2.83. The molecule has 1 heterocycles. The second kappa shape index (κ2) is 6.17. The zero-order valence-corrected chi connectivity index (χ0v) is 8.55. The zero-order chi connectivity index (χ0) is 11.8. The summed E-state index contributed by atoms with van der Waals surface area (Å²) >= 11 is 0. The molecule has 0 amide bonds. The van der Waals surface area contributed by atoms with Crippen molar-refractivity contribution in [1.82, 2.24) is 0 Å². The Morgan fingerprint density at radius 2 is 1.62 bits per heavy atom. The Morgan fingerprint density at radius 1 is 1.06 bits per heavy atom. The summed E-state index contributed by atoms with van der Waals surface area (Å²) in [5.41, 5.74) is 3.85. The van der Waals surface area contributed by atoms with Crippen molar-refractivity contribution in [3.05, 3.63) is 60.4 Å². The van der Waals surface area contributed by atoms with E-state index in [0.29, 0.717) is 0 Å². The van der Waals surface area contributed by atoms with Crippen LogP contribution in [0, 0.1) is 0 Å². The minimum absolute atomic E-state index is 0.579. The lowest BCUT2D eigenvalue weighted by Crippen LogP contribution is -1.96. The van der Waals surface area contributed by atoms with Gasteiger partial charge in [0.2, 0.25) is 0 Å². The summed E-state index contributed by atoms with van der Waals surface area (Å²) in [6.45, 7) is 3.48. The Kier molecular flexibility index (Phi) is 4.51. The van der Waals surface area contributed by atoms with E-state index >= 15 is 0 Å². The molecule has 1 aliphatic heterocycles. The first kappa shape index (κ1) is 11.7. The van der Waals surface area contributed by atoms with E-state index in [4.69, 9.17) is 0 Å². The number of benzene rings is 1. The van der Waals surface area contributed by atoms with E-state index in [1.807, 2.05) is 36.4 Å². The van der Waals surface area contributed by atoms with Crippen LogP contribution in [0.1, 0.15) is 5.56 Å². The minimum Gasteiger partial charge on any atom is -0.387 e. The third-order valence-corrected chi connectivity index (χ3v) is 1.62. The summed E-state index contributed by atoms with van der Waals surface area (Å²) in [4.78, 5) is 19.8. The van der Waals surface area contributed by atoms with Crippen LogP contribution in [0.15, 0.2) is 54.8 Å². The van der Waals surface area contributed by atoms with E-state index in [9.17, 15) is 9.59 Å². The summed E-state index contributed by atoms with van der Waals surface area (Å²) in [6.07, 6.45) is 4.02. The highest BCUT2D eigenvalue weighted by molar-refractivity contribution is 6.04. The largest absolute Gasteiger partial charge is 0.387 e. The standard InChI is InChI=1S/C9H8.C4H2O3/c1-2-6-9-7-4-3-5-8-9;5-3-1-2-4(6)7-3/h3-8H,1H2;1-2H. The van der Waals surface area contributed by atoms with E-state index in [-0.39, 0.29) is 0 Å². The fourth-order valence-corrected chi connectivity index (χ4v) is 0.970. The van der Waals surface area contributed by atoms with E-state index in [1.54, 1.807) is 0 Å². The zero-order valence-electron chi connectivity index (χ0n) is 8.55. The number of hydrogen-bond acceptors (Lipinski definition) is 3. The lowest BCUT2D eigenvalue weighted by molar-refractivity contribution is -0.150. The monoisotopic (exact) mass is 214 g/mol. The fraction of sp³-hybridized carbons (Fsp3) is 0. The molecule has 0 N–H and O–H groups in total. The van der Waals surface area contributed by atoms with Crippen LogP contribution in [-0.4, -0.2) is 11.9 Å². The predicted octanol–water partition coefficient (Wildman–Crippen LogP) is 2.11. The maximum absolute atomic E-state index is 9.92. The highest BCUT2D eigenvalue weighted by atomic mass is 16.6. The molecular weight excluding hydrogens is 204 g/mol. The van der Waals surface area contributed by atoms with Crippen LogP contribution in [0.4, 0.5) is 0 Å². The van der Waals surface area contributed by atoms with Gasteiger partial charge >= 0.3 is 11.9 Å². The fourth-order valence-electron chi connectivity index (χ4n) is 0.970. The molecule has 0 bridgehead atoms. The Balaban J connectivity index is 0.000000165. The van der Waals surface area contributed by atoms with Crippen LogP contribution < -0.4 is 0 Å². The smallest absolute Gasteiger partial charge is 0.338 e. The average molecular weight is 214 g/mol. The molecule has 1 aliphatic rings. The molecule has 0 spiro atoms. The first-order chi connectivity index (χ1) is 7.72. The van der Waals surface area contributed by atoms with Crippen molar-refractivity contribution in [2.45, 2.75) is 0 Å². The van der Waals surface area contributed by atoms with E-state index in [1.165, 1.54) is 0 Å². The van der Waals surface area contributed by atoms with Crippen LogP contribution in [0.5, 0.6) is 0 Å². The highest BCUT2D eigenvalue weighted by Crippen LogP contribution is 1.98. The number of hydrogen-bond donors (Lipinski definition) is 0. The molecule has 16 heavy (non-hydrogen) atoms. The molecule has 2 rings (SSSR count). The van der Waals surface area contributed by atoms with Gasteiger partial charge in [0.05, 0.1) is 0 Å². The number of esters is 2. The molecule has 0 aliphatic carbocycles. The number of rotatable bonds is 1. The third kappa shape index (κ3) is 4.22. The highest BCUT2D eigenvalue weighted by Gasteiger charge is 2.10. The van der Waals surface area contributed by atoms with Crippen LogP contribution in [-0.2, 0) is 14.3 Å². The van der Waals surface area contributed by atoms with Crippen LogP contribution in [0.25, 0.3) is 6.08 Å². The molecule has 1 aromatic rings. The summed E-state index contributed by atoms with van der Waals surface area (Å²) in [5.74, 6) is -1.16. The summed E-state index contributed by atoms with van der Waals surface area (Å²) in [6, 6.07) is 9.99. The third-order valence-electron chi connectivity index (χ3n) is 1.62. The Labute approximate surface area is 93.4 Å². The van der Waals surface area contributed by atoms with Crippen molar-refractivity contribution < 1.29 is 14.3 Å². The van der Waals surface area contributed by atoms with Gasteiger partial charge in [-0.3, -0.25) is 0 Å². The van der Waals surface area contributed by atoms with Gasteiger partial charge in [-0.2, -0.15) is 0 Å². The SMILES string of the molecule is C=C=Cc1ccccc1.O=C1C=CC(=O)O1. The Morgan fingerprint density at radius 3 is 2.00 bits per heavy atom. The van der Waals surface area contributed by atoms with Gasteiger partial charge in [-0.25, -0.2) is 9.59 Å². The molecule has 0 saturated heterocycles. The van der Waals surface area contributed by atoms with Gasteiger partial charge in [0.1, 0.15) is 0 Å². The van der Waals surface area contributed by atoms with Crippen molar-refractivity contribution in [3.63, 3.8) is 0 Å². The number of cyclic esters (lactones) is 2. The first-order valence-corrected chi connectivity index (χ1v) is 4.57. The van der Waals surface area contributed by atoms with Crippen molar-refractivity contribution in [2.24, 2.45) is 0 Å². The van der Waals surface area contributed by atoms with Gasteiger partial charge in [-0.05, 0) is 11.6 Å². The van der Waals surface area contributed by atoms with E-state index in [0.717, 1.165) is 17.7 Å². The topological polar surface area (TPSA) is 43.4 Å². The van der Waals surface area contributed by atoms with Crippen molar-refractivity contribution >= 4 is 18.0 Å². The summed E-state index contributed by atoms with van der Waals surface area (Å²) in [5, 5.41) is 0. The van der Waals surface area contributed by atoms with Crippen molar-refractivity contribution in [3.8, 4) is 0 Å². The number of carbonyl (C=O) groups excluding carboxylic acids is 2. The van der Waals surface area contributed by atoms with Crippen LogP contribution in [0.2, 0.25) is 0 Å². The summed E-state index contributed by atoms with van der Waals surface area (Å²) < 4.78 is 3.97. The lowest BCUT2D eigenvalue weighted by Gasteiger charge is -1.85. The lowest BCUT2D eigenvalue weighted by atomic mass is 10.2. The quantitative estimate of drug-likeness (QED) is 0.408. The van der Waals surface area contributed by atoms with Gasteiger partial charge in [0, 0.05) is 12.2 Å². The van der Waals surface area contributed by atoms with Gasteiger partial charge < -0.3 is 4.74 Å². The van der Waals surface area contributed by atoms with Crippen LogP contribution in [0.3, 0.4) is 0 Å². The van der Waals surface area contributed by atoms with Crippen molar-refractivity contribution in [1.29, 1.82) is 0 Å². The molecule has 80 valence electrons. The molecule has 0 fully saturated rings. The maximum atomic E-state index is 9.92. The van der Waals surface area contributed by atoms with E-state index < -0.39 is 11.9 Å². The summed E-state index contributed by atoms with van der Waals surface area (Å²) in [7, 11) is 0. The second-order valence-corrected chi connectivity index (χ2v) is 2.83. The minimum atomic E-state index is -0.579. The molecule has 0 unspecified atom stereocenters. The molecular formula is C13H10O3. The van der Waals surface area contributed by atoms with E-state index in [2.05, 4.69) is 17.0 Å². The number of carbonyl (C=O) groups is 2. The van der Waals surface area contributed by atoms with Crippen molar-refractivity contribution in [2.75, 3.05) is 0 Å². The Hall–Kier alpha value is -2.38. The van der Waals surface area contributed by atoms with Gasteiger partial charge in [-0.1, -0.05) is 36.9 Å². The van der Waals surface area contributed by atoms with Gasteiger partial charge in [-0.15, -0.1) is 5.73 Å². The molecule has 1 aromatic carbocycles. The van der Waals surface area contributed by atoms with Gasteiger partial charge in [0.15, 0.2) is 0 Å². The molecule has 3 nitrogen and oxygen atoms in total. The predicted molar refractivity (Wildman–Crippen MR) is 60.3 cm³/mol. The molecule has 3 heteroatoms. The molecule has 0 aromatic heterocycles.